The number of rotatable bonds is 2. The van der Waals surface area contributed by atoms with Gasteiger partial charge >= 0.3 is 0 Å². The second-order valence-corrected chi connectivity index (χ2v) is 4.69. The summed E-state index contributed by atoms with van der Waals surface area (Å²) in [6, 6.07) is 7.15. The van der Waals surface area contributed by atoms with Crippen molar-refractivity contribution in [2.75, 3.05) is 6.54 Å². The number of para-hydroxylation sites is 1. The standard InChI is InChI=1S/C13H16N4O/c14-7-9-5-6-12-15-13(16-17(12)8-9)10-3-1-2-4-11(10)18/h1-4,9,18H,5-8,14H2. The van der Waals surface area contributed by atoms with E-state index in [1.807, 2.05) is 16.8 Å². The number of aromatic hydroxyl groups is 1. The van der Waals surface area contributed by atoms with Gasteiger partial charge in [0.15, 0.2) is 5.82 Å². The van der Waals surface area contributed by atoms with E-state index in [0.717, 1.165) is 25.2 Å². The van der Waals surface area contributed by atoms with Crippen LogP contribution in [0.5, 0.6) is 5.75 Å². The topological polar surface area (TPSA) is 77.0 Å². The molecule has 2 heterocycles. The zero-order chi connectivity index (χ0) is 12.5. The number of phenolic OH excluding ortho intramolecular Hbond substituents is 1. The molecule has 0 aliphatic carbocycles. The zero-order valence-corrected chi connectivity index (χ0v) is 10.1. The molecule has 0 amide bonds. The lowest BCUT2D eigenvalue weighted by molar-refractivity contribution is 0.350. The molecule has 1 aromatic carbocycles. The van der Waals surface area contributed by atoms with Gasteiger partial charge in [-0.05, 0) is 31.0 Å². The number of nitrogens with zero attached hydrogens (tertiary/aromatic N) is 3. The summed E-state index contributed by atoms with van der Waals surface area (Å²) in [6.45, 7) is 1.51. The molecule has 94 valence electrons. The van der Waals surface area contributed by atoms with Gasteiger partial charge in [0.2, 0.25) is 0 Å². The van der Waals surface area contributed by atoms with Gasteiger partial charge in [-0.25, -0.2) is 9.67 Å². The van der Waals surface area contributed by atoms with Crippen molar-refractivity contribution in [1.82, 2.24) is 14.8 Å². The van der Waals surface area contributed by atoms with Crippen LogP contribution >= 0.6 is 0 Å². The van der Waals surface area contributed by atoms with Gasteiger partial charge in [-0.2, -0.15) is 5.10 Å². The maximum Gasteiger partial charge on any atom is 0.185 e. The predicted molar refractivity (Wildman–Crippen MR) is 68.0 cm³/mol. The van der Waals surface area contributed by atoms with Gasteiger partial charge in [-0.3, -0.25) is 0 Å². The van der Waals surface area contributed by atoms with Gasteiger partial charge in [0.1, 0.15) is 11.6 Å². The molecule has 5 heteroatoms. The summed E-state index contributed by atoms with van der Waals surface area (Å²) in [4.78, 5) is 4.50. The van der Waals surface area contributed by atoms with Gasteiger partial charge in [-0.1, -0.05) is 12.1 Å². The second kappa shape index (κ2) is 4.42. The molecule has 0 spiro atoms. The Morgan fingerprint density at radius 3 is 3.00 bits per heavy atom. The molecule has 3 rings (SSSR count). The van der Waals surface area contributed by atoms with Gasteiger partial charge in [0.05, 0.1) is 5.56 Å². The maximum atomic E-state index is 9.81. The van der Waals surface area contributed by atoms with Crippen LogP contribution in [0.1, 0.15) is 12.2 Å². The first-order valence-electron chi connectivity index (χ1n) is 6.20. The maximum absolute atomic E-state index is 9.81. The summed E-state index contributed by atoms with van der Waals surface area (Å²) in [5, 5.41) is 14.3. The van der Waals surface area contributed by atoms with Gasteiger partial charge in [0, 0.05) is 13.0 Å². The van der Waals surface area contributed by atoms with Crippen molar-refractivity contribution >= 4 is 0 Å². The Labute approximate surface area is 105 Å². The average molecular weight is 244 g/mol. The van der Waals surface area contributed by atoms with Crippen molar-refractivity contribution < 1.29 is 5.11 Å². The van der Waals surface area contributed by atoms with E-state index < -0.39 is 0 Å². The van der Waals surface area contributed by atoms with Crippen LogP contribution in [0, 0.1) is 5.92 Å². The van der Waals surface area contributed by atoms with E-state index in [1.165, 1.54) is 0 Å². The fraction of sp³-hybridized carbons (Fsp3) is 0.385. The Morgan fingerprint density at radius 1 is 1.39 bits per heavy atom. The Bertz CT molecular complexity index is 564. The lowest BCUT2D eigenvalue weighted by Crippen LogP contribution is -2.27. The van der Waals surface area contributed by atoms with E-state index in [1.54, 1.807) is 12.1 Å². The third kappa shape index (κ3) is 1.86. The fourth-order valence-corrected chi connectivity index (χ4v) is 2.34. The number of hydrogen-bond donors (Lipinski definition) is 2. The Morgan fingerprint density at radius 2 is 2.22 bits per heavy atom. The summed E-state index contributed by atoms with van der Waals surface area (Å²) in [5.41, 5.74) is 6.38. The molecule has 0 saturated heterocycles. The van der Waals surface area contributed by atoms with Gasteiger partial charge in [-0.15, -0.1) is 0 Å². The monoisotopic (exact) mass is 244 g/mol. The van der Waals surface area contributed by atoms with Crippen molar-refractivity contribution in [2.24, 2.45) is 11.7 Å². The summed E-state index contributed by atoms with van der Waals surface area (Å²) >= 11 is 0. The van der Waals surface area contributed by atoms with E-state index in [0.29, 0.717) is 23.9 Å². The smallest absolute Gasteiger partial charge is 0.185 e. The van der Waals surface area contributed by atoms with Crippen molar-refractivity contribution in [1.29, 1.82) is 0 Å². The van der Waals surface area contributed by atoms with Crippen LogP contribution in [0.15, 0.2) is 24.3 Å². The van der Waals surface area contributed by atoms with Crippen molar-refractivity contribution in [3.8, 4) is 17.1 Å². The van der Waals surface area contributed by atoms with Gasteiger partial charge < -0.3 is 10.8 Å². The molecular formula is C13H16N4O. The van der Waals surface area contributed by atoms with Crippen LogP contribution in [-0.4, -0.2) is 26.4 Å². The molecule has 1 aliphatic rings. The van der Waals surface area contributed by atoms with Crippen molar-refractivity contribution in [3.05, 3.63) is 30.1 Å². The van der Waals surface area contributed by atoms with Crippen LogP contribution in [0.25, 0.3) is 11.4 Å². The fourth-order valence-electron chi connectivity index (χ4n) is 2.34. The number of phenols is 1. The lowest BCUT2D eigenvalue weighted by atomic mass is 10.0. The molecule has 0 bridgehead atoms. The Kier molecular flexibility index (Phi) is 2.76. The third-order valence-corrected chi connectivity index (χ3v) is 3.43. The SMILES string of the molecule is NCC1CCc2nc(-c3ccccc3O)nn2C1. The molecule has 1 atom stereocenters. The first kappa shape index (κ1) is 11.2. The summed E-state index contributed by atoms with van der Waals surface area (Å²) in [5.74, 6) is 2.28. The minimum Gasteiger partial charge on any atom is -0.507 e. The lowest BCUT2D eigenvalue weighted by Gasteiger charge is -2.20. The molecule has 0 radical (unpaired) electrons. The van der Waals surface area contributed by atoms with E-state index in [-0.39, 0.29) is 5.75 Å². The second-order valence-electron chi connectivity index (χ2n) is 4.69. The minimum atomic E-state index is 0.218. The number of aromatic nitrogens is 3. The highest BCUT2D eigenvalue weighted by Crippen LogP contribution is 2.27. The quantitative estimate of drug-likeness (QED) is 0.831. The van der Waals surface area contributed by atoms with E-state index in [2.05, 4.69) is 10.1 Å². The Hall–Kier alpha value is -1.88. The van der Waals surface area contributed by atoms with Gasteiger partial charge in [0.25, 0.3) is 0 Å². The highest BCUT2D eigenvalue weighted by Gasteiger charge is 2.21. The highest BCUT2D eigenvalue weighted by molar-refractivity contribution is 5.63. The summed E-state index contributed by atoms with van der Waals surface area (Å²) in [7, 11) is 0. The third-order valence-electron chi connectivity index (χ3n) is 3.43. The van der Waals surface area contributed by atoms with Crippen molar-refractivity contribution in [2.45, 2.75) is 19.4 Å². The zero-order valence-electron chi connectivity index (χ0n) is 10.1. The van der Waals surface area contributed by atoms with Crippen LogP contribution in [0.2, 0.25) is 0 Å². The molecule has 0 saturated carbocycles. The Balaban J connectivity index is 1.97. The molecular weight excluding hydrogens is 228 g/mol. The highest BCUT2D eigenvalue weighted by atomic mass is 16.3. The number of fused-ring (bicyclic) bond motifs is 1. The minimum absolute atomic E-state index is 0.218. The normalized spacial score (nSPS) is 18.6. The molecule has 3 N–H and O–H groups in total. The first-order valence-corrected chi connectivity index (χ1v) is 6.20. The van der Waals surface area contributed by atoms with Crippen LogP contribution in [-0.2, 0) is 13.0 Å². The van der Waals surface area contributed by atoms with Crippen molar-refractivity contribution in [3.63, 3.8) is 0 Å². The molecule has 1 unspecified atom stereocenters. The summed E-state index contributed by atoms with van der Waals surface area (Å²) < 4.78 is 1.92. The molecule has 1 aromatic heterocycles. The molecule has 5 nitrogen and oxygen atoms in total. The number of hydrogen-bond acceptors (Lipinski definition) is 4. The first-order chi connectivity index (χ1) is 8.78. The number of nitrogens with two attached hydrogens (primary N) is 1. The summed E-state index contributed by atoms with van der Waals surface area (Å²) in [6.07, 6.45) is 1.97. The largest absolute Gasteiger partial charge is 0.507 e. The number of aryl methyl sites for hydroxylation is 1. The van der Waals surface area contributed by atoms with E-state index >= 15 is 0 Å². The van der Waals surface area contributed by atoms with E-state index in [9.17, 15) is 5.11 Å². The van der Waals surface area contributed by atoms with Crippen LogP contribution in [0.4, 0.5) is 0 Å². The average Bonchev–Trinajstić information content (AvgIpc) is 2.81. The number of benzene rings is 1. The van der Waals surface area contributed by atoms with E-state index in [4.69, 9.17) is 5.73 Å². The predicted octanol–water partition coefficient (Wildman–Crippen LogP) is 1.17. The van der Waals surface area contributed by atoms with Crippen LogP contribution in [0.3, 0.4) is 0 Å². The van der Waals surface area contributed by atoms with Crippen LogP contribution < -0.4 is 5.73 Å². The molecule has 2 aromatic rings. The molecule has 1 aliphatic heterocycles. The molecule has 0 fully saturated rings. The molecule has 18 heavy (non-hydrogen) atoms.